The molecule has 19 heavy (non-hydrogen) atoms. The molecule has 0 aromatic heterocycles. The Balaban J connectivity index is 2.40. The fourth-order valence-corrected chi connectivity index (χ4v) is 1.69. The van der Waals surface area contributed by atoms with Crippen LogP contribution in [-0.4, -0.2) is 35.4 Å². The average Bonchev–Trinajstić information content (AvgIpc) is 2.61. The van der Waals surface area contributed by atoms with Crippen molar-refractivity contribution in [1.82, 2.24) is 4.90 Å². The highest BCUT2D eigenvalue weighted by atomic mass is 19.3. The summed E-state index contributed by atoms with van der Waals surface area (Å²) in [5, 5.41) is 0. The maximum absolute atomic E-state index is 13.5. The van der Waals surface area contributed by atoms with Crippen molar-refractivity contribution < 1.29 is 31.5 Å². The van der Waals surface area contributed by atoms with Crippen LogP contribution in [0.5, 0.6) is 0 Å². The number of benzene rings is 1. The molecule has 1 atom stereocenters. The third kappa shape index (κ3) is 1.87. The van der Waals surface area contributed by atoms with Crippen molar-refractivity contribution in [1.29, 1.82) is 0 Å². The summed E-state index contributed by atoms with van der Waals surface area (Å²) in [5.41, 5.74) is -0.583. The topological polar surface area (TPSA) is 37.4 Å². The predicted octanol–water partition coefficient (Wildman–Crippen LogP) is 2.48. The number of hydrogen-bond donors (Lipinski definition) is 0. The van der Waals surface area contributed by atoms with Gasteiger partial charge < -0.3 is 0 Å². The number of hydrogen-bond acceptors (Lipinski definition) is 2. The van der Waals surface area contributed by atoms with Crippen molar-refractivity contribution in [2.45, 2.75) is 18.6 Å². The van der Waals surface area contributed by atoms with Crippen molar-refractivity contribution in [3.05, 3.63) is 35.4 Å². The van der Waals surface area contributed by atoms with E-state index in [0.717, 1.165) is 12.1 Å². The first kappa shape index (κ1) is 13.4. The van der Waals surface area contributed by atoms with Gasteiger partial charge in [-0.2, -0.15) is 8.78 Å². The second-order valence-corrected chi connectivity index (χ2v) is 3.84. The van der Waals surface area contributed by atoms with Crippen molar-refractivity contribution in [2.24, 2.45) is 0 Å². The molecule has 0 fully saturated rings. The van der Waals surface area contributed by atoms with E-state index in [2.05, 4.69) is 0 Å². The Morgan fingerprint density at radius 1 is 0.947 bits per heavy atom. The van der Waals surface area contributed by atoms with E-state index in [9.17, 15) is 31.5 Å². The second-order valence-electron chi connectivity index (χ2n) is 3.84. The molecule has 0 aliphatic carbocycles. The Bertz CT molecular complexity index is 511. The van der Waals surface area contributed by atoms with Gasteiger partial charge in [-0.25, -0.2) is 18.1 Å². The van der Waals surface area contributed by atoms with Gasteiger partial charge in [0.15, 0.2) is 0 Å². The van der Waals surface area contributed by atoms with Crippen LogP contribution in [0.3, 0.4) is 0 Å². The maximum Gasteiger partial charge on any atom is 0.356 e. The van der Waals surface area contributed by atoms with Crippen molar-refractivity contribution in [3.8, 4) is 0 Å². The molecule has 1 aromatic carbocycles. The Kier molecular flexibility index (Phi) is 3.03. The molecule has 0 N–H and O–H groups in total. The highest BCUT2D eigenvalue weighted by Gasteiger charge is 2.57. The summed E-state index contributed by atoms with van der Waals surface area (Å²) in [4.78, 5) is 22.7. The quantitative estimate of drug-likeness (QED) is 0.484. The van der Waals surface area contributed by atoms with Gasteiger partial charge in [0.05, 0.1) is 11.1 Å². The van der Waals surface area contributed by atoms with Crippen LogP contribution in [0, 0.1) is 0 Å². The van der Waals surface area contributed by atoms with Gasteiger partial charge in [0, 0.05) is 0 Å². The number of imide groups is 1. The Labute approximate surface area is 103 Å². The van der Waals surface area contributed by atoms with E-state index in [4.69, 9.17) is 0 Å². The SMILES string of the molecule is O=C1c2ccccc2C(=O)N1C(F)C(F)(F)C(F)F. The van der Waals surface area contributed by atoms with Gasteiger partial charge in [-0.05, 0) is 12.1 Å². The molecule has 0 saturated heterocycles. The molecular formula is C11H6F5NO2. The van der Waals surface area contributed by atoms with Crippen LogP contribution in [-0.2, 0) is 0 Å². The summed E-state index contributed by atoms with van der Waals surface area (Å²) in [7, 11) is 0. The van der Waals surface area contributed by atoms with Gasteiger partial charge in [0.25, 0.3) is 18.1 Å². The lowest BCUT2D eigenvalue weighted by atomic mass is 10.1. The summed E-state index contributed by atoms with van der Waals surface area (Å²) in [5.74, 6) is -7.82. The molecule has 0 spiro atoms. The van der Waals surface area contributed by atoms with E-state index in [-0.39, 0.29) is 11.1 Å². The molecule has 3 nitrogen and oxygen atoms in total. The number of fused-ring (bicyclic) bond motifs is 1. The molecule has 1 aromatic rings. The molecule has 1 aliphatic heterocycles. The Hall–Kier alpha value is -1.99. The van der Waals surface area contributed by atoms with E-state index in [0.29, 0.717) is 0 Å². The van der Waals surface area contributed by atoms with Gasteiger partial charge in [-0.1, -0.05) is 12.1 Å². The lowest BCUT2D eigenvalue weighted by Gasteiger charge is -2.25. The van der Waals surface area contributed by atoms with Gasteiger partial charge in [-0.15, -0.1) is 0 Å². The summed E-state index contributed by atoms with van der Waals surface area (Å²) < 4.78 is 63.4. The first-order valence-electron chi connectivity index (χ1n) is 5.05. The largest absolute Gasteiger partial charge is 0.356 e. The van der Waals surface area contributed by atoms with Gasteiger partial charge in [0.2, 0.25) is 0 Å². The van der Waals surface area contributed by atoms with Crippen molar-refractivity contribution in [3.63, 3.8) is 0 Å². The number of nitrogens with zero attached hydrogens (tertiary/aromatic N) is 1. The first-order chi connectivity index (χ1) is 8.78. The third-order valence-electron chi connectivity index (χ3n) is 2.66. The van der Waals surface area contributed by atoms with Crippen LogP contribution >= 0.6 is 0 Å². The average molecular weight is 279 g/mol. The lowest BCUT2D eigenvalue weighted by molar-refractivity contribution is -0.193. The minimum atomic E-state index is -5.12. The molecule has 2 rings (SSSR count). The zero-order chi connectivity index (χ0) is 14.4. The van der Waals surface area contributed by atoms with E-state index in [1.165, 1.54) is 12.1 Å². The molecule has 0 bridgehead atoms. The third-order valence-corrected chi connectivity index (χ3v) is 2.66. The molecule has 0 radical (unpaired) electrons. The standard InChI is InChI=1S/C11H6F5NO2/c12-9(13)11(15,16)10(14)17-7(18)5-3-1-2-4-6(5)8(17)19/h1-4,9-10H. The zero-order valence-corrected chi connectivity index (χ0v) is 9.12. The van der Waals surface area contributed by atoms with Crippen LogP contribution in [0.1, 0.15) is 20.7 Å². The molecule has 2 amide bonds. The number of halogens is 5. The van der Waals surface area contributed by atoms with Gasteiger partial charge in [0.1, 0.15) is 0 Å². The van der Waals surface area contributed by atoms with Crippen molar-refractivity contribution in [2.75, 3.05) is 0 Å². The summed E-state index contributed by atoms with van der Waals surface area (Å²) in [6, 6.07) is 4.93. The highest BCUT2D eigenvalue weighted by molar-refractivity contribution is 6.21. The van der Waals surface area contributed by atoms with Gasteiger partial charge in [-0.3, -0.25) is 9.59 Å². The fourth-order valence-electron chi connectivity index (χ4n) is 1.69. The minimum Gasteiger partial charge on any atom is -0.268 e. The van der Waals surface area contributed by atoms with Crippen LogP contribution < -0.4 is 0 Å². The highest BCUT2D eigenvalue weighted by Crippen LogP contribution is 2.35. The summed E-state index contributed by atoms with van der Waals surface area (Å²) in [6.07, 6.45) is -8.04. The molecule has 102 valence electrons. The molecule has 8 heteroatoms. The monoisotopic (exact) mass is 279 g/mol. The number of alkyl halides is 5. The molecule has 1 unspecified atom stereocenters. The van der Waals surface area contributed by atoms with E-state index in [1.54, 1.807) is 0 Å². The zero-order valence-electron chi connectivity index (χ0n) is 9.12. The normalized spacial score (nSPS) is 17.1. The number of amides is 2. The van der Waals surface area contributed by atoms with Crippen LogP contribution in [0.4, 0.5) is 22.0 Å². The Morgan fingerprint density at radius 2 is 1.37 bits per heavy atom. The molecule has 0 saturated carbocycles. The lowest BCUT2D eigenvalue weighted by Crippen LogP contribution is -2.51. The summed E-state index contributed by atoms with van der Waals surface area (Å²) >= 11 is 0. The first-order valence-corrected chi connectivity index (χ1v) is 5.05. The molecular weight excluding hydrogens is 273 g/mol. The van der Waals surface area contributed by atoms with E-state index < -0.39 is 35.4 Å². The van der Waals surface area contributed by atoms with Crippen LogP contribution in [0.25, 0.3) is 0 Å². The van der Waals surface area contributed by atoms with E-state index in [1.807, 2.05) is 0 Å². The molecule has 1 aliphatic rings. The predicted molar refractivity (Wildman–Crippen MR) is 52.8 cm³/mol. The molecule has 1 heterocycles. The maximum atomic E-state index is 13.5. The fraction of sp³-hybridized carbons (Fsp3) is 0.273. The second kappa shape index (κ2) is 4.29. The minimum absolute atomic E-state index is 0.291. The van der Waals surface area contributed by atoms with Gasteiger partial charge >= 0.3 is 12.3 Å². The van der Waals surface area contributed by atoms with Crippen LogP contribution in [0.15, 0.2) is 24.3 Å². The number of rotatable bonds is 3. The van der Waals surface area contributed by atoms with Crippen LogP contribution in [0.2, 0.25) is 0 Å². The number of carbonyl (C=O) groups is 2. The summed E-state index contributed by atoms with van der Waals surface area (Å²) in [6.45, 7) is 0. The smallest absolute Gasteiger partial charge is 0.268 e. The Morgan fingerprint density at radius 3 is 1.74 bits per heavy atom. The van der Waals surface area contributed by atoms with Crippen molar-refractivity contribution >= 4 is 11.8 Å². The van der Waals surface area contributed by atoms with E-state index >= 15 is 0 Å². The number of carbonyl (C=O) groups excluding carboxylic acids is 2.